The fraction of sp³-hybridized carbons (Fsp3) is 0.917. The van der Waals surface area contributed by atoms with E-state index >= 15 is 0 Å². The Hall–Kier alpha value is -0.0500. The Morgan fingerprint density at radius 3 is 2.80 bits per heavy atom. The fourth-order valence-corrected chi connectivity index (χ4v) is 2.66. The highest BCUT2D eigenvalue weighted by atomic mass is 79.9. The Kier molecular flexibility index (Phi) is 5.10. The van der Waals surface area contributed by atoms with Gasteiger partial charge in [0.2, 0.25) is 5.91 Å². The van der Waals surface area contributed by atoms with Gasteiger partial charge >= 0.3 is 0 Å². The van der Waals surface area contributed by atoms with Gasteiger partial charge in [-0.1, -0.05) is 42.6 Å². The average Bonchev–Trinajstić information content (AvgIpc) is 2.17. The van der Waals surface area contributed by atoms with Crippen molar-refractivity contribution in [3.05, 3.63) is 0 Å². The van der Waals surface area contributed by atoms with Gasteiger partial charge in [0.25, 0.3) is 0 Å². The molecule has 0 spiro atoms. The summed E-state index contributed by atoms with van der Waals surface area (Å²) in [4.78, 5) is 12.0. The van der Waals surface area contributed by atoms with E-state index < -0.39 is 0 Å². The molecule has 88 valence electrons. The first kappa shape index (κ1) is 13.0. The van der Waals surface area contributed by atoms with Gasteiger partial charge in [0, 0.05) is 17.8 Å². The molecule has 1 saturated carbocycles. The molecule has 0 radical (unpaired) electrons. The van der Waals surface area contributed by atoms with Crippen molar-refractivity contribution in [3.8, 4) is 0 Å². The SMILES string of the molecule is CC1(C)CCCCC1C(=O)NCCCBr. The van der Waals surface area contributed by atoms with E-state index in [4.69, 9.17) is 0 Å². The molecule has 1 amide bonds. The van der Waals surface area contributed by atoms with Crippen LogP contribution in [-0.4, -0.2) is 17.8 Å². The fourth-order valence-electron chi connectivity index (χ4n) is 2.38. The third-order valence-electron chi connectivity index (χ3n) is 3.43. The molecular weight excluding hydrogens is 254 g/mol. The van der Waals surface area contributed by atoms with Crippen LogP contribution in [0.3, 0.4) is 0 Å². The Bertz CT molecular complexity index is 216. The monoisotopic (exact) mass is 275 g/mol. The summed E-state index contributed by atoms with van der Waals surface area (Å²) in [5.41, 5.74) is 0.191. The predicted molar refractivity (Wildman–Crippen MR) is 67.2 cm³/mol. The summed E-state index contributed by atoms with van der Waals surface area (Å²) in [7, 11) is 0. The number of halogens is 1. The number of amides is 1. The molecule has 0 bridgehead atoms. The lowest BCUT2D eigenvalue weighted by molar-refractivity contribution is -0.130. The van der Waals surface area contributed by atoms with Crippen molar-refractivity contribution >= 4 is 21.8 Å². The van der Waals surface area contributed by atoms with Gasteiger partial charge in [0.05, 0.1) is 0 Å². The van der Waals surface area contributed by atoms with Crippen molar-refractivity contribution in [1.82, 2.24) is 5.32 Å². The molecule has 0 saturated heterocycles. The molecule has 15 heavy (non-hydrogen) atoms. The summed E-state index contributed by atoms with van der Waals surface area (Å²) in [6.07, 6.45) is 5.74. The normalized spacial score (nSPS) is 24.9. The van der Waals surface area contributed by atoms with Gasteiger partial charge in [-0.15, -0.1) is 0 Å². The van der Waals surface area contributed by atoms with Crippen molar-refractivity contribution in [2.75, 3.05) is 11.9 Å². The van der Waals surface area contributed by atoms with Gasteiger partial charge in [-0.3, -0.25) is 4.79 Å². The van der Waals surface area contributed by atoms with Gasteiger partial charge < -0.3 is 5.32 Å². The maximum absolute atomic E-state index is 12.0. The first-order valence-corrected chi connectivity index (χ1v) is 7.04. The minimum absolute atomic E-state index is 0.191. The molecule has 1 fully saturated rings. The van der Waals surface area contributed by atoms with E-state index in [9.17, 15) is 4.79 Å². The highest BCUT2D eigenvalue weighted by Gasteiger charge is 2.36. The highest BCUT2D eigenvalue weighted by molar-refractivity contribution is 9.09. The first-order valence-electron chi connectivity index (χ1n) is 5.91. The topological polar surface area (TPSA) is 29.1 Å². The van der Waals surface area contributed by atoms with Crippen LogP contribution in [0, 0.1) is 11.3 Å². The van der Waals surface area contributed by atoms with Crippen molar-refractivity contribution in [1.29, 1.82) is 0 Å². The number of carbonyl (C=O) groups excluding carboxylic acids is 1. The van der Waals surface area contributed by atoms with Crippen LogP contribution in [0.4, 0.5) is 0 Å². The van der Waals surface area contributed by atoms with Crippen LogP contribution >= 0.6 is 15.9 Å². The van der Waals surface area contributed by atoms with Gasteiger partial charge in [-0.2, -0.15) is 0 Å². The Labute approximate surface area is 101 Å². The molecule has 1 aliphatic carbocycles. The average molecular weight is 276 g/mol. The second-order valence-electron chi connectivity index (χ2n) is 5.12. The molecule has 1 unspecified atom stereocenters. The summed E-state index contributed by atoms with van der Waals surface area (Å²) < 4.78 is 0. The molecule has 1 aliphatic rings. The molecule has 0 aliphatic heterocycles. The van der Waals surface area contributed by atoms with Gasteiger partial charge in [0.15, 0.2) is 0 Å². The summed E-state index contributed by atoms with van der Waals surface area (Å²) in [5.74, 6) is 0.488. The third-order valence-corrected chi connectivity index (χ3v) is 3.99. The smallest absolute Gasteiger partial charge is 0.223 e. The lowest BCUT2D eigenvalue weighted by atomic mass is 9.68. The summed E-state index contributed by atoms with van der Waals surface area (Å²) in [6, 6.07) is 0. The van der Waals surface area contributed by atoms with Crippen LogP contribution in [-0.2, 0) is 4.79 Å². The van der Waals surface area contributed by atoms with Crippen LogP contribution in [0.5, 0.6) is 0 Å². The lowest BCUT2D eigenvalue weighted by Crippen LogP contribution is -2.41. The second kappa shape index (κ2) is 5.88. The maximum atomic E-state index is 12.0. The van der Waals surface area contributed by atoms with E-state index in [0.717, 1.165) is 24.7 Å². The van der Waals surface area contributed by atoms with E-state index in [1.165, 1.54) is 19.3 Å². The molecule has 0 heterocycles. The number of rotatable bonds is 4. The number of alkyl halides is 1. The predicted octanol–water partition coefficient (Wildman–Crippen LogP) is 3.10. The standard InChI is InChI=1S/C12H22BrNO/c1-12(2)7-4-3-6-10(12)11(15)14-9-5-8-13/h10H,3-9H2,1-2H3,(H,14,15). The van der Waals surface area contributed by atoms with E-state index in [1.807, 2.05) is 0 Å². The van der Waals surface area contributed by atoms with Gasteiger partial charge in [-0.25, -0.2) is 0 Å². The van der Waals surface area contributed by atoms with Crippen LogP contribution < -0.4 is 5.32 Å². The third kappa shape index (κ3) is 3.78. The summed E-state index contributed by atoms with van der Waals surface area (Å²) >= 11 is 3.37. The Balaban J connectivity index is 2.42. The van der Waals surface area contributed by atoms with E-state index in [1.54, 1.807) is 0 Å². The molecule has 1 atom stereocenters. The quantitative estimate of drug-likeness (QED) is 0.620. The Morgan fingerprint density at radius 2 is 2.20 bits per heavy atom. The van der Waals surface area contributed by atoms with E-state index in [0.29, 0.717) is 0 Å². The zero-order valence-electron chi connectivity index (χ0n) is 9.81. The van der Waals surface area contributed by atoms with Crippen LogP contribution in [0.15, 0.2) is 0 Å². The van der Waals surface area contributed by atoms with Crippen LogP contribution in [0.25, 0.3) is 0 Å². The summed E-state index contributed by atoms with van der Waals surface area (Å²) in [6.45, 7) is 5.25. The zero-order chi connectivity index (χ0) is 11.3. The number of hydrogen-bond donors (Lipinski definition) is 1. The molecular formula is C12H22BrNO. The van der Waals surface area contributed by atoms with Crippen molar-refractivity contribution < 1.29 is 4.79 Å². The Morgan fingerprint density at radius 1 is 1.47 bits per heavy atom. The van der Waals surface area contributed by atoms with Crippen molar-refractivity contribution in [3.63, 3.8) is 0 Å². The van der Waals surface area contributed by atoms with Gasteiger partial charge in [0.1, 0.15) is 0 Å². The molecule has 3 heteroatoms. The zero-order valence-corrected chi connectivity index (χ0v) is 11.4. The molecule has 1 N–H and O–H groups in total. The number of nitrogens with one attached hydrogen (secondary N) is 1. The van der Waals surface area contributed by atoms with Crippen LogP contribution in [0.2, 0.25) is 0 Å². The van der Waals surface area contributed by atoms with Gasteiger partial charge in [-0.05, 0) is 24.7 Å². The van der Waals surface area contributed by atoms with Crippen molar-refractivity contribution in [2.45, 2.75) is 46.0 Å². The first-order chi connectivity index (χ1) is 7.08. The largest absolute Gasteiger partial charge is 0.356 e. The lowest BCUT2D eigenvalue weighted by Gasteiger charge is -2.37. The molecule has 0 aromatic carbocycles. The minimum Gasteiger partial charge on any atom is -0.356 e. The number of hydrogen-bond acceptors (Lipinski definition) is 1. The van der Waals surface area contributed by atoms with E-state index in [2.05, 4.69) is 35.1 Å². The van der Waals surface area contributed by atoms with E-state index in [-0.39, 0.29) is 17.2 Å². The summed E-state index contributed by atoms with van der Waals surface area (Å²) in [5, 5.41) is 4.00. The number of carbonyl (C=O) groups is 1. The molecule has 0 aromatic heterocycles. The molecule has 1 rings (SSSR count). The van der Waals surface area contributed by atoms with Crippen LogP contribution in [0.1, 0.15) is 46.0 Å². The molecule has 0 aromatic rings. The van der Waals surface area contributed by atoms with Crippen molar-refractivity contribution in [2.24, 2.45) is 11.3 Å². The highest BCUT2D eigenvalue weighted by Crippen LogP contribution is 2.40. The minimum atomic E-state index is 0.191. The second-order valence-corrected chi connectivity index (χ2v) is 5.91. The molecule has 2 nitrogen and oxygen atoms in total. The maximum Gasteiger partial charge on any atom is 0.223 e.